The first-order valence-electron chi connectivity index (χ1n) is 4.36. The number of halogens is 1. The van der Waals surface area contributed by atoms with Gasteiger partial charge in [-0.3, -0.25) is 4.79 Å². The summed E-state index contributed by atoms with van der Waals surface area (Å²) in [5.41, 5.74) is 0.802. The molecule has 0 aliphatic carbocycles. The van der Waals surface area contributed by atoms with E-state index in [1.54, 1.807) is 6.07 Å². The Hall–Kier alpha value is -1.21. The summed E-state index contributed by atoms with van der Waals surface area (Å²) in [5.74, 6) is -0.0627. The van der Waals surface area contributed by atoms with Crippen molar-refractivity contribution >= 4 is 38.9 Å². The predicted octanol–water partition coefficient (Wildman–Crippen LogP) is 2.11. The van der Waals surface area contributed by atoms with Crippen molar-refractivity contribution in [2.24, 2.45) is 0 Å². The predicted molar refractivity (Wildman–Crippen MR) is 73.6 cm³/mol. The fourth-order valence-corrected chi connectivity index (χ4v) is 2.02. The molecule has 0 radical (unpaired) electrons. The van der Waals surface area contributed by atoms with Crippen LogP contribution in [0.1, 0.15) is 9.67 Å². The van der Waals surface area contributed by atoms with Crippen LogP contribution in [0.3, 0.4) is 0 Å². The van der Waals surface area contributed by atoms with Crippen molar-refractivity contribution in [3.63, 3.8) is 0 Å². The average Bonchev–Trinajstić information content (AvgIpc) is 2.74. The summed E-state index contributed by atoms with van der Waals surface area (Å²) >= 11 is 4.77. The van der Waals surface area contributed by atoms with Crippen LogP contribution in [0.25, 0.3) is 0 Å². The van der Waals surface area contributed by atoms with Gasteiger partial charge in [-0.2, -0.15) is 0 Å². The first kappa shape index (κ1) is 15.8. The van der Waals surface area contributed by atoms with Crippen molar-refractivity contribution in [1.29, 1.82) is 0 Å². The Bertz CT molecular complexity index is 456. The van der Waals surface area contributed by atoms with Gasteiger partial charge in [0.05, 0.1) is 4.88 Å². The molecule has 1 amide bonds. The number of thiophene rings is 1. The Balaban J connectivity index is 0.00000128. The highest BCUT2D eigenvalue weighted by atomic mass is 79.9. The van der Waals surface area contributed by atoms with Crippen LogP contribution in [0.4, 0.5) is 5.69 Å². The van der Waals surface area contributed by atoms with E-state index in [-0.39, 0.29) is 16.9 Å². The fourth-order valence-electron chi connectivity index (χ4n) is 1.13. The van der Waals surface area contributed by atoms with Gasteiger partial charge in [0, 0.05) is 10.2 Å². The van der Waals surface area contributed by atoms with Crippen molar-refractivity contribution in [2.45, 2.75) is 0 Å². The summed E-state index contributed by atoms with van der Waals surface area (Å²) in [7, 11) is 0. The molecule has 6 heteroatoms. The van der Waals surface area contributed by atoms with Gasteiger partial charge < -0.3 is 16.3 Å². The van der Waals surface area contributed by atoms with Gasteiger partial charge in [0.1, 0.15) is 0 Å². The van der Waals surface area contributed by atoms with Crippen molar-refractivity contribution in [3.05, 3.63) is 51.1 Å². The van der Waals surface area contributed by atoms with Gasteiger partial charge in [0.2, 0.25) is 0 Å². The molecule has 0 aliphatic heterocycles. The molecule has 5 N–H and O–H groups in total. The summed E-state index contributed by atoms with van der Waals surface area (Å²) in [6, 6.07) is 11.2. The normalized spacial score (nSPS) is 8.76. The van der Waals surface area contributed by atoms with E-state index in [2.05, 4.69) is 21.2 Å². The molecule has 17 heavy (non-hydrogen) atoms. The van der Waals surface area contributed by atoms with Crippen molar-refractivity contribution in [1.82, 2.24) is 0 Å². The van der Waals surface area contributed by atoms with Crippen LogP contribution in [-0.4, -0.2) is 16.9 Å². The number of hydrogen-bond donors (Lipinski definition) is 1. The molecule has 0 saturated heterocycles. The quantitative estimate of drug-likeness (QED) is 0.902. The molecule has 1 heterocycles. The Morgan fingerprint density at radius 1 is 1.12 bits per heavy atom. The standard InChI is InChI=1S/C11H8BrNOS.2H2O/c12-8-3-5-9(6-4-8)13-11(14)10-2-1-7-15-10;;/h1-7H,(H,13,14);2*1H2. The molecule has 0 saturated carbocycles. The molecule has 1 aromatic heterocycles. The van der Waals surface area contributed by atoms with E-state index in [0.717, 1.165) is 15.0 Å². The van der Waals surface area contributed by atoms with Gasteiger partial charge in [-0.25, -0.2) is 0 Å². The van der Waals surface area contributed by atoms with Crippen LogP contribution in [0.5, 0.6) is 0 Å². The molecule has 2 rings (SSSR count). The molecule has 0 unspecified atom stereocenters. The fraction of sp³-hybridized carbons (Fsp3) is 0. The number of carbonyl (C=O) groups excluding carboxylic acids is 1. The summed E-state index contributed by atoms with van der Waals surface area (Å²) < 4.78 is 0.997. The third-order valence-corrected chi connectivity index (χ3v) is 3.24. The SMILES string of the molecule is O.O.O=C(Nc1ccc(Br)cc1)c1cccs1. The zero-order chi connectivity index (χ0) is 10.7. The summed E-state index contributed by atoms with van der Waals surface area (Å²) in [4.78, 5) is 12.4. The van der Waals surface area contributed by atoms with E-state index in [0.29, 0.717) is 0 Å². The van der Waals surface area contributed by atoms with Gasteiger partial charge in [0.15, 0.2) is 0 Å². The zero-order valence-electron chi connectivity index (χ0n) is 8.74. The van der Waals surface area contributed by atoms with Crippen LogP contribution < -0.4 is 5.32 Å². The Morgan fingerprint density at radius 2 is 1.76 bits per heavy atom. The van der Waals surface area contributed by atoms with Gasteiger partial charge in [-0.05, 0) is 35.7 Å². The lowest BCUT2D eigenvalue weighted by Crippen LogP contribution is -2.09. The average molecular weight is 318 g/mol. The lowest BCUT2D eigenvalue weighted by Gasteiger charge is -2.02. The van der Waals surface area contributed by atoms with E-state index in [9.17, 15) is 4.79 Å². The van der Waals surface area contributed by atoms with Gasteiger partial charge in [-0.15, -0.1) is 11.3 Å². The third kappa shape index (κ3) is 4.27. The summed E-state index contributed by atoms with van der Waals surface area (Å²) in [6.45, 7) is 0. The van der Waals surface area contributed by atoms with Gasteiger partial charge in [0.25, 0.3) is 5.91 Å². The van der Waals surface area contributed by atoms with E-state index < -0.39 is 0 Å². The van der Waals surface area contributed by atoms with E-state index in [4.69, 9.17) is 0 Å². The minimum absolute atomic E-state index is 0. The summed E-state index contributed by atoms with van der Waals surface area (Å²) in [5, 5.41) is 4.71. The van der Waals surface area contributed by atoms with E-state index in [1.807, 2.05) is 35.7 Å². The Kier molecular flexibility index (Phi) is 6.67. The first-order valence-corrected chi connectivity index (χ1v) is 6.03. The number of benzene rings is 1. The monoisotopic (exact) mass is 317 g/mol. The molecular weight excluding hydrogens is 306 g/mol. The van der Waals surface area contributed by atoms with Crippen LogP contribution in [0.2, 0.25) is 0 Å². The van der Waals surface area contributed by atoms with Crippen LogP contribution in [-0.2, 0) is 0 Å². The molecular formula is C11H12BrNO3S. The molecule has 1 aromatic carbocycles. The number of anilines is 1. The third-order valence-electron chi connectivity index (χ3n) is 1.85. The van der Waals surface area contributed by atoms with E-state index in [1.165, 1.54) is 11.3 Å². The molecule has 0 atom stereocenters. The molecule has 0 spiro atoms. The van der Waals surface area contributed by atoms with Crippen LogP contribution in [0, 0.1) is 0 Å². The minimum Gasteiger partial charge on any atom is -0.412 e. The van der Waals surface area contributed by atoms with Crippen LogP contribution in [0.15, 0.2) is 46.3 Å². The lowest BCUT2D eigenvalue weighted by atomic mass is 10.3. The van der Waals surface area contributed by atoms with Crippen molar-refractivity contribution < 1.29 is 15.7 Å². The molecule has 0 aliphatic rings. The largest absolute Gasteiger partial charge is 0.412 e. The highest BCUT2D eigenvalue weighted by molar-refractivity contribution is 9.10. The maximum atomic E-state index is 11.6. The van der Waals surface area contributed by atoms with Crippen molar-refractivity contribution in [2.75, 3.05) is 5.32 Å². The number of hydrogen-bond acceptors (Lipinski definition) is 2. The highest BCUT2D eigenvalue weighted by Gasteiger charge is 2.05. The molecule has 0 bridgehead atoms. The Morgan fingerprint density at radius 3 is 2.29 bits per heavy atom. The summed E-state index contributed by atoms with van der Waals surface area (Å²) in [6.07, 6.45) is 0. The molecule has 0 fully saturated rings. The lowest BCUT2D eigenvalue weighted by molar-refractivity contribution is 0.103. The second-order valence-electron chi connectivity index (χ2n) is 2.94. The topological polar surface area (TPSA) is 92.1 Å². The maximum absolute atomic E-state index is 11.6. The smallest absolute Gasteiger partial charge is 0.265 e. The molecule has 92 valence electrons. The number of amides is 1. The molecule has 4 nitrogen and oxygen atoms in total. The first-order chi connectivity index (χ1) is 7.25. The van der Waals surface area contributed by atoms with Crippen LogP contribution >= 0.6 is 27.3 Å². The number of nitrogens with one attached hydrogen (secondary N) is 1. The number of carbonyl (C=O) groups is 1. The minimum atomic E-state index is -0.0627. The highest BCUT2D eigenvalue weighted by Crippen LogP contribution is 2.16. The molecule has 2 aromatic rings. The second-order valence-corrected chi connectivity index (χ2v) is 4.80. The number of rotatable bonds is 2. The van der Waals surface area contributed by atoms with E-state index >= 15 is 0 Å². The zero-order valence-corrected chi connectivity index (χ0v) is 11.1. The maximum Gasteiger partial charge on any atom is 0.265 e. The van der Waals surface area contributed by atoms with Crippen molar-refractivity contribution in [3.8, 4) is 0 Å². The van der Waals surface area contributed by atoms with Gasteiger partial charge in [-0.1, -0.05) is 22.0 Å². The van der Waals surface area contributed by atoms with Gasteiger partial charge >= 0.3 is 0 Å². The second kappa shape index (κ2) is 7.18. The Labute approximate surface area is 111 Å².